The number of hydrogen-bond donors (Lipinski definition) is 0. The fraction of sp³-hybridized carbons (Fsp3) is 0.680. The zero-order valence-corrected chi connectivity index (χ0v) is 21.4. The third-order valence-electron chi connectivity index (χ3n) is 6.19. The van der Waals surface area contributed by atoms with Crippen LogP contribution in [-0.2, 0) is 0 Å². The lowest BCUT2D eigenvalue weighted by Gasteiger charge is -2.41. The molecule has 0 amide bonds. The van der Waals surface area contributed by atoms with Crippen LogP contribution >= 0.6 is 0 Å². The van der Waals surface area contributed by atoms with Gasteiger partial charge in [0.05, 0.1) is 7.11 Å². The van der Waals surface area contributed by atoms with Crippen molar-refractivity contribution in [2.45, 2.75) is 60.4 Å². The molecule has 2 saturated heterocycles. The number of benzene rings is 1. The van der Waals surface area contributed by atoms with Crippen LogP contribution in [0.5, 0.6) is 5.75 Å². The average Bonchev–Trinajstić information content (AvgIpc) is 3.32. The minimum absolute atomic E-state index is 0.562. The standard InChI is InChI=1S/C21H31N5O2.2C2H6/c1-15-13-16(2)19(27-4)14-18(15)20-22-21(23-28-20)26-7-5-17(6-8-26)25-11-9-24(3)10-12-25;2*1-2/h13-14,17H,5-12H2,1-4H3;2*1-2H3. The van der Waals surface area contributed by atoms with E-state index in [1.807, 2.05) is 40.7 Å². The van der Waals surface area contributed by atoms with Crippen molar-refractivity contribution in [3.05, 3.63) is 23.3 Å². The lowest BCUT2D eigenvalue weighted by atomic mass is 10.0. The predicted molar refractivity (Wildman–Crippen MR) is 133 cm³/mol. The number of piperazine rings is 1. The van der Waals surface area contributed by atoms with Gasteiger partial charge in [-0.2, -0.15) is 4.98 Å². The Labute approximate surface area is 194 Å². The molecule has 0 atom stereocenters. The van der Waals surface area contributed by atoms with Gasteiger partial charge in [-0.1, -0.05) is 33.8 Å². The molecule has 7 heteroatoms. The molecule has 1 aromatic heterocycles. The fourth-order valence-corrected chi connectivity index (χ4v) is 4.35. The van der Waals surface area contributed by atoms with Crippen LogP contribution in [0.3, 0.4) is 0 Å². The Bertz CT molecular complexity index is 807. The van der Waals surface area contributed by atoms with E-state index in [4.69, 9.17) is 9.26 Å². The third-order valence-corrected chi connectivity index (χ3v) is 6.19. The summed E-state index contributed by atoms with van der Waals surface area (Å²) in [5.41, 5.74) is 3.16. The molecule has 2 fully saturated rings. The minimum atomic E-state index is 0.562. The first-order chi connectivity index (χ1) is 15.5. The van der Waals surface area contributed by atoms with E-state index in [0.29, 0.717) is 17.9 Å². The summed E-state index contributed by atoms with van der Waals surface area (Å²) < 4.78 is 11.1. The first-order valence-electron chi connectivity index (χ1n) is 12.2. The van der Waals surface area contributed by atoms with Gasteiger partial charge in [-0.15, -0.1) is 0 Å². The van der Waals surface area contributed by atoms with E-state index in [1.54, 1.807) is 7.11 Å². The summed E-state index contributed by atoms with van der Waals surface area (Å²) in [6.45, 7) is 18.8. The number of aryl methyl sites for hydroxylation is 2. The van der Waals surface area contributed by atoms with Crippen LogP contribution in [-0.4, -0.2) is 79.4 Å². The molecule has 0 aliphatic carbocycles. The van der Waals surface area contributed by atoms with Crippen molar-refractivity contribution in [3.8, 4) is 17.2 Å². The molecule has 0 bridgehead atoms. The zero-order chi connectivity index (χ0) is 23.7. The summed E-state index contributed by atoms with van der Waals surface area (Å²) in [5, 5.41) is 4.26. The third kappa shape index (κ3) is 6.23. The Morgan fingerprint density at radius 2 is 1.53 bits per heavy atom. The Balaban J connectivity index is 0.000000860. The molecule has 0 unspecified atom stereocenters. The van der Waals surface area contributed by atoms with Crippen LogP contribution in [0.4, 0.5) is 5.95 Å². The number of nitrogens with zero attached hydrogens (tertiary/aromatic N) is 5. The predicted octanol–water partition coefficient (Wildman–Crippen LogP) is 4.63. The van der Waals surface area contributed by atoms with Crippen molar-refractivity contribution >= 4 is 5.95 Å². The van der Waals surface area contributed by atoms with Gasteiger partial charge in [0.15, 0.2) is 0 Å². The Kier molecular flexibility index (Phi) is 10.5. The second-order valence-electron chi connectivity index (χ2n) is 8.09. The first kappa shape index (κ1) is 26.1. The first-order valence-corrected chi connectivity index (χ1v) is 12.2. The number of anilines is 1. The maximum atomic E-state index is 5.60. The summed E-state index contributed by atoms with van der Waals surface area (Å²) in [6, 6.07) is 4.76. The molecular weight excluding hydrogens is 402 g/mol. The van der Waals surface area contributed by atoms with Crippen molar-refractivity contribution in [2.75, 3.05) is 58.3 Å². The van der Waals surface area contributed by atoms with Crippen LogP contribution < -0.4 is 9.64 Å². The average molecular weight is 446 g/mol. The molecule has 0 spiro atoms. The molecule has 1 aromatic carbocycles. The second kappa shape index (κ2) is 12.8. The molecular formula is C25H43N5O2. The number of methoxy groups -OCH3 is 1. The van der Waals surface area contributed by atoms with Crippen molar-refractivity contribution in [1.29, 1.82) is 0 Å². The quantitative estimate of drug-likeness (QED) is 0.680. The van der Waals surface area contributed by atoms with E-state index in [-0.39, 0.29) is 0 Å². The Hall–Kier alpha value is -2.12. The summed E-state index contributed by atoms with van der Waals surface area (Å²) in [7, 11) is 3.89. The van der Waals surface area contributed by atoms with E-state index in [1.165, 1.54) is 26.2 Å². The molecule has 2 aromatic rings. The van der Waals surface area contributed by atoms with E-state index in [0.717, 1.165) is 48.4 Å². The van der Waals surface area contributed by atoms with E-state index < -0.39 is 0 Å². The second-order valence-corrected chi connectivity index (χ2v) is 8.09. The lowest BCUT2D eigenvalue weighted by molar-refractivity contribution is 0.0980. The van der Waals surface area contributed by atoms with E-state index in [2.05, 4.69) is 44.9 Å². The van der Waals surface area contributed by atoms with Crippen molar-refractivity contribution in [1.82, 2.24) is 19.9 Å². The molecule has 4 rings (SSSR count). The van der Waals surface area contributed by atoms with Crippen LogP contribution in [0.1, 0.15) is 51.7 Å². The number of likely N-dealkylation sites (N-methyl/N-ethyl adjacent to an activating group) is 1. The van der Waals surface area contributed by atoms with Gasteiger partial charge in [-0.05, 0) is 56.1 Å². The Morgan fingerprint density at radius 1 is 0.906 bits per heavy atom. The SMILES string of the molecule is CC.CC.COc1cc(-c2nc(N3CCC(N4CCN(C)CC4)CC3)no2)c(C)cc1C. The Morgan fingerprint density at radius 3 is 2.12 bits per heavy atom. The molecule has 0 radical (unpaired) electrons. The van der Waals surface area contributed by atoms with Crippen molar-refractivity contribution in [2.24, 2.45) is 0 Å². The maximum Gasteiger partial charge on any atom is 0.266 e. The molecule has 2 aliphatic rings. The van der Waals surface area contributed by atoms with Gasteiger partial charge in [-0.25, -0.2) is 0 Å². The van der Waals surface area contributed by atoms with Crippen LogP contribution in [0.15, 0.2) is 16.7 Å². The minimum Gasteiger partial charge on any atom is -0.496 e. The number of ether oxygens (including phenoxy) is 1. The van der Waals surface area contributed by atoms with Gasteiger partial charge >= 0.3 is 0 Å². The summed E-state index contributed by atoms with van der Waals surface area (Å²) >= 11 is 0. The van der Waals surface area contributed by atoms with Gasteiger partial charge in [0.1, 0.15) is 5.75 Å². The van der Waals surface area contributed by atoms with Gasteiger partial charge < -0.3 is 19.1 Å². The van der Waals surface area contributed by atoms with Gasteiger partial charge in [-0.3, -0.25) is 4.90 Å². The normalized spacial score (nSPS) is 17.8. The highest BCUT2D eigenvalue weighted by atomic mass is 16.5. The zero-order valence-electron chi connectivity index (χ0n) is 21.4. The van der Waals surface area contributed by atoms with Gasteiger partial charge in [0.25, 0.3) is 11.8 Å². The summed E-state index contributed by atoms with van der Waals surface area (Å²) in [6.07, 6.45) is 2.32. The highest BCUT2D eigenvalue weighted by molar-refractivity contribution is 5.63. The van der Waals surface area contributed by atoms with Crippen molar-refractivity contribution in [3.63, 3.8) is 0 Å². The monoisotopic (exact) mass is 445 g/mol. The summed E-state index contributed by atoms with van der Waals surface area (Å²) in [5.74, 6) is 2.10. The van der Waals surface area contributed by atoms with E-state index >= 15 is 0 Å². The number of rotatable bonds is 4. The highest BCUT2D eigenvalue weighted by Gasteiger charge is 2.28. The van der Waals surface area contributed by atoms with Gasteiger partial charge in [0, 0.05) is 50.9 Å². The molecule has 180 valence electrons. The molecule has 7 nitrogen and oxygen atoms in total. The van der Waals surface area contributed by atoms with E-state index in [9.17, 15) is 0 Å². The van der Waals surface area contributed by atoms with Crippen LogP contribution in [0.25, 0.3) is 11.5 Å². The lowest BCUT2D eigenvalue weighted by Crippen LogP contribution is -2.52. The molecule has 0 saturated carbocycles. The van der Waals surface area contributed by atoms with Gasteiger partial charge in [0.2, 0.25) is 0 Å². The van der Waals surface area contributed by atoms with Crippen molar-refractivity contribution < 1.29 is 9.26 Å². The van der Waals surface area contributed by atoms with Crippen LogP contribution in [0.2, 0.25) is 0 Å². The fourth-order valence-electron chi connectivity index (χ4n) is 4.35. The maximum absolute atomic E-state index is 5.60. The topological polar surface area (TPSA) is 57.9 Å². The molecule has 32 heavy (non-hydrogen) atoms. The highest BCUT2D eigenvalue weighted by Crippen LogP contribution is 2.31. The summed E-state index contributed by atoms with van der Waals surface area (Å²) in [4.78, 5) is 12.0. The van der Waals surface area contributed by atoms with Crippen LogP contribution in [0, 0.1) is 13.8 Å². The smallest absolute Gasteiger partial charge is 0.266 e. The molecule has 2 aliphatic heterocycles. The number of piperidine rings is 1. The number of aromatic nitrogens is 2. The molecule has 3 heterocycles. The molecule has 0 N–H and O–H groups in total. The largest absolute Gasteiger partial charge is 0.496 e. The number of hydrogen-bond acceptors (Lipinski definition) is 7.